The van der Waals surface area contributed by atoms with Crippen molar-refractivity contribution < 1.29 is 4.79 Å². The van der Waals surface area contributed by atoms with Crippen molar-refractivity contribution in [3.05, 3.63) is 48.0 Å². The number of carbonyl (C=O) groups is 1. The highest BCUT2D eigenvalue weighted by atomic mass is 16.2. The fraction of sp³-hybridized carbons (Fsp3) is 0.500. The molecule has 2 aromatic carbocycles. The van der Waals surface area contributed by atoms with E-state index in [9.17, 15) is 4.79 Å². The summed E-state index contributed by atoms with van der Waals surface area (Å²) in [6.07, 6.45) is 4.52. The van der Waals surface area contributed by atoms with Gasteiger partial charge in [-0.1, -0.05) is 42.5 Å². The van der Waals surface area contributed by atoms with E-state index in [1.807, 2.05) is 0 Å². The molecule has 2 heterocycles. The predicted molar refractivity (Wildman–Crippen MR) is 106 cm³/mol. The first-order valence-corrected chi connectivity index (χ1v) is 10.00. The largest absolute Gasteiger partial charge is 0.354 e. The zero-order chi connectivity index (χ0) is 17.8. The number of likely N-dealkylation sites (tertiary alicyclic amines) is 1. The van der Waals surface area contributed by atoms with Gasteiger partial charge in [-0.3, -0.25) is 9.69 Å². The van der Waals surface area contributed by atoms with Crippen LogP contribution in [0.2, 0.25) is 0 Å². The molecule has 2 aliphatic heterocycles. The first-order valence-electron chi connectivity index (χ1n) is 10.00. The van der Waals surface area contributed by atoms with Crippen molar-refractivity contribution in [1.29, 1.82) is 0 Å². The van der Waals surface area contributed by atoms with E-state index in [2.05, 4.69) is 58.0 Å². The Balaban J connectivity index is 1.34. The van der Waals surface area contributed by atoms with Crippen LogP contribution in [0.5, 0.6) is 0 Å². The van der Waals surface area contributed by atoms with Crippen LogP contribution in [-0.4, -0.2) is 43.0 Å². The van der Waals surface area contributed by atoms with Gasteiger partial charge in [0.05, 0.1) is 6.04 Å². The van der Waals surface area contributed by atoms with Crippen molar-refractivity contribution in [2.24, 2.45) is 5.92 Å². The topological polar surface area (TPSA) is 44.4 Å². The van der Waals surface area contributed by atoms with Crippen LogP contribution < -0.4 is 10.6 Å². The maximum Gasteiger partial charge on any atom is 0.237 e. The zero-order valence-electron chi connectivity index (χ0n) is 15.4. The normalized spacial score (nSPS) is 24.0. The molecular formula is C22H29N3O. The number of carbonyl (C=O) groups excluding carboxylic acids is 1. The van der Waals surface area contributed by atoms with Crippen molar-refractivity contribution >= 4 is 16.7 Å². The van der Waals surface area contributed by atoms with Gasteiger partial charge in [0.25, 0.3) is 0 Å². The Kier molecular flexibility index (Phi) is 5.51. The second-order valence-electron chi connectivity index (χ2n) is 7.78. The van der Waals surface area contributed by atoms with Crippen LogP contribution >= 0.6 is 0 Å². The number of fused-ring (bicyclic) bond motifs is 1. The number of hydrogen-bond acceptors (Lipinski definition) is 3. The SMILES string of the molecule is O=C(NCC1CCCN(Cc2cccc3ccccc23)C1)C1CCCN1. The summed E-state index contributed by atoms with van der Waals surface area (Å²) in [4.78, 5) is 14.8. The highest BCUT2D eigenvalue weighted by Gasteiger charge is 2.24. The van der Waals surface area contributed by atoms with Gasteiger partial charge in [0.15, 0.2) is 0 Å². The zero-order valence-corrected chi connectivity index (χ0v) is 15.4. The molecule has 0 aliphatic carbocycles. The highest BCUT2D eigenvalue weighted by molar-refractivity contribution is 5.85. The van der Waals surface area contributed by atoms with Crippen LogP contribution in [0.4, 0.5) is 0 Å². The maximum absolute atomic E-state index is 12.2. The molecule has 2 saturated heterocycles. The molecule has 138 valence electrons. The highest BCUT2D eigenvalue weighted by Crippen LogP contribution is 2.23. The average Bonchev–Trinajstić information content (AvgIpc) is 3.22. The van der Waals surface area contributed by atoms with Crippen molar-refractivity contribution in [2.75, 3.05) is 26.2 Å². The molecule has 0 saturated carbocycles. The van der Waals surface area contributed by atoms with Crippen LogP contribution in [0.25, 0.3) is 10.8 Å². The Hall–Kier alpha value is -1.91. The molecule has 2 N–H and O–H groups in total. The number of hydrogen-bond donors (Lipinski definition) is 2. The second kappa shape index (κ2) is 8.19. The third-order valence-corrected chi connectivity index (χ3v) is 5.82. The van der Waals surface area contributed by atoms with E-state index in [1.165, 1.54) is 29.2 Å². The Morgan fingerprint density at radius 2 is 2.00 bits per heavy atom. The van der Waals surface area contributed by atoms with Crippen LogP contribution in [0.1, 0.15) is 31.2 Å². The summed E-state index contributed by atoms with van der Waals surface area (Å²) >= 11 is 0. The fourth-order valence-corrected chi connectivity index (χ4v) is 4.41. The smallest absolute Gasteiger partial charge is 0.237 e. The van der Waals surface area contributed by atoms with Gasteiger partial charge in [0.1, 0.15) is 0 Å². The molecule has 4 nitrogen and oxygen atoms in total. The monoisotopic (exact) mass is 351 g/mol. The molecule has 0 spiro atoms. The number of amides is 1. The molecule has 4 rings (SSSR count). The minimum absolute atomic E-state index is 0.0328. The summed E-state index contributed by atoms with van der Waals surface area (Å²) in [6, 6.07) is 15.3. The van der Waals surface area contributed by atoms with Crippen molar-refractivity contribution in [3.63, 3.8) is 0 Å². The summed E-state index contributed by atoms with van der Waals surface area (Å²) in [7, 11) is 0. The summed E-state index contributed by atoms with van der Waals surface area (Å²) in [5, 5.41) is 9.13. The molecule has 2 atom stereocenters. The van der Waals surface area contributed by atoms with Crippen LogP contribution in [-0.2, 0) is 11.3 Å². The van der Waals surface area contributed by atoms with Gasteiger partial charge in [0.2, 0.25) is 5.91 Å². The molecule has 2 aromatic rings. The molecule has 0 aromatic heterocycles. The Labute approximate surface area is 156 Å². The summed E-state index contributed by atoms with van der Waals surface area (Å²) in [5.41, 5.74) is 1.41. The number of rotatable bonds is 5. The molecule has 26 heavy (non-hydrogen) atoms. The number of piperidine rings is 1. The van der Waals surface area contributed by atoms with Gasteiger partial charge < -0.3 is 10.6 Å². The molecule has 1 amide bonds. The molecule has 2 unspecified atom stereocenters. The summed E-state index contributed by atoms with van der Waals surface area (Å²) < 4.78 is 0. The minimum Gasteiger partial charge on any atom is -0.354 e. The van der Waals surface area contributed by atoms with Gasteiger partial charge >= 0.3 is 0 Å². The predicted octanol–water partition coefficient (Wildman–Crippen LogP) is 2.92. The van der Waals surface area contributed by atoms with E-state index in [0.717, 1.165) is 45.6 Å². The molecule has 4 heteroatoms. The van der Waals surface area contributed by atoms with Gasteiger partial charge in [-0.05, 0) is 61.0 Å². The van der Waals surface area contributed by atoms with Crippen LogP contribution in [0, 0.1) is 5.92 Å². The van der Waals surface area contributed by atoms with Gasteiger partial charge in [-0.25, -0.2) is 0 Å². The summed E-state index contributed by atoms with van der Waals surface area (Å²) in [6.45, 7) is 5.00. The Morgan fingerprint density at radius 3 is 2.88 bits per heavy atom. The number of benzene rings is 2. The van der Waals surface area contributed by atoms with E-state index >= 15 is 0 Å². The van der Waals surface area contributed by atoms with E-state index in [4.69, 9.17) is 0 Å². The molecule has 0 bridgehead atoms. The third-order valence-electron chi connectivity index (χ3n) is 5.82. The van der Waals surface area contributed by atoms with Crippen LogP contribution in [0.3, 0.4) is 0 Å². The van der Waals surface area contributed by atoms with E-state index in [0.29, 0.717) is 5.92 Å². The van der Waals surface area contributed by atoms with Gasteiger partial charge in [-0.15, -0.1) is 0 Å². The first kappa shape index (κ1) is 17.5. The average molecular weight is 351 g/mol. The van der Waals surface area contributed by atoms with Crippen molar-refractivity contribution in [3.8, 4) is 0 Å². The number of nitrogens with one attached hydrogen (secondary N) is 2. The number of nitrogens with zero attached hydrogens (tertiary/aromatic N) is 1. The lowest BCUT2D eigenvalue weighted by atomic mass is 9.96. The van der Waals surface area contributed by atoms with E-state index in [-0.39, 0.29) is 11.9 Å². The maximum atomic E-state index is 12.2. The lowest BCUT2D eigenvalue weighted by molar-refractivity contribution is -0.123. The molecular weight excluding hydrogens is 322 g/mol. The second-order valence-corrected chi connectivity index (χ2v) is 7.78. The molecule has 2 aliphatic rings. The van der Waals surface area contributed by atoms with Gasteiger partial charge in [0, 0.05) is 19.6 Å². The Morgan fingerprint density at radius 1 is 1.12 bits per heavy atom. The van der Waals surface area contributed by atoms with Crippen LogP contribution in [0.15, 0.2) is 42.5 Å². The molecule has 2 fully saturated rings. The first-order chi connectivity index (χ1) is 12.8. The summed E-state index contributed by atoms with van der Waals surface area (Å²) in [5.74, 6) is 0.748. The molecule has 0 radical (unpaired) electrons. The van der Waals surface area contributed by atoms with Crippen molar-refractivity contribution in [2.45, 2.75) is 38.3 Å². The lowest BCUT2D eigenvalue weighted by Crippen LogP contribution is -2.45. The minimum atomic E-state index is 0.0328. The van der Waals surface area contributed by atoms with Crippen molar-refractivity contribution in [1.82, 2.24) is 15.5 Å². The van der Waals surface area contributed by atoms with Gasteiger partial charge in [-0.2, -0.15) is 0 Å². The van der Waals surface area contributed by atoms with E-state index in [1.54, 1.807) is 0 Å². The Bertz CT molecular complexity index is 749. The van der Waals surface area contributed by atoms with E-state index < -0.39 is 0 Å². The quantitative estimate of drug-likeness (QED) is 0.871. The standard InChI is InChI=1S/C22H29N3O/c26-22(21-11-4-12-23-21)24-14-17-6-5-13-25(15-17)16-19-9-3-8-18-7-1-2-10-20(18)19/h1-3,7-10,17,21,23H,4-6,11-16H2,(H,24,26). The third kappa shape index (κ3) is 4.08. The lowest BCUT2D eigenvalue weighted by Gasteiger charge is -2.33. The fourth-order valence-electron chi connectivity index (χ4n) is 4.41.